The molecule has 2 aromatic rings. The van der Waals surface area contributed by atoms with Gasteiger partial charge in [0, 0.05) is 23.0 Å². The average molecular weight is 370 g/mol. The van der Waals surface area contributed by atoms with Gasteiger partial charge >= 0.3 is 0 Å². The molecule has 0 aliphatic carbocycles. The van der Waals surface area contributed by atoms with Gasteiger partial charge in [0.2, 0.25) is 5.91 Å². The van der Waals surface area contributed by atoms with Crippen molar-refractivity contribution >= 4 is 11.7 Å². The molecule has 1 N–H and O–H groups in total. The quantitative estimate of drug-likeness (QED) is 0.726. The fourth-order valence-electron chi connectivity index (χ4n) is 3.53. The summed E-state index contributed by atoms with van der Waals surface area (Å²) < 4.78 is 2.20. The normalized spacial score (nSPS) is 12.4. The summed E-state index contributed by atoms with van der Waals surface area (Å²) in [6.07, 6.45) is 0. The van der Waals surface area contributed by atoms with Crippen molar-refractivity contribution in [1.29, 1.82) is 0 Å². The van der Waals surface area contributed by atoms with E-state index in [0.717, 1.165) is 17.0 Å². The third-order valence-corrected chi connectivity index (χ3v) is 4.73. The number of rotatable bonds is 8. The number of amides is 1. The molecule has 2 rings (SSSR count). The van der Waals surface area contributed by atoms with E-state index in [4.69, 9.17) is 0 Å². The highest BCUT2D eigenvalue weighted by Gasteiger charge is 2.21. The van der Waals surface area contributed by atoms with Crippen molar-refractivity contribution in [1.82, 2.24) is 14.8 Å². The van der Waals surface area contributed by atoms with Crippen molar-refractivity contribution in [3.05, 3.63) is 58.9 Å². The lowest BCUT2D eigenvalue weighted by Gasteiger charge is -2.19. The predicted octanol–water partition coefficient (Wildman–Crippen LogP) is 3.35. The zero-order valence-corrected chi connectivity index (χ0v) is 17.2. The molecule has 0 aliphatic rings. The highest BCUT2D eigenvalue weighted by molar-refractivity contribution is 5.99. The molecular formula is C22H31N3O2. The largest absolute Gasteiger partial charge is 0.353 e. The Bertz CT molecular complexity index is 793. The Kier molecular flexibility index (Phi) is 6.97. The van der Waals surface area contributed by atoms with Crippen molar-refractivity contribution in [2.24, 2.45) is 0 Å². The highest BCUT2D eigenvalue weighted by Crippen LogP contribution is 2.25. The number of aromatic nitrogens is 1. The average Bonchev–Trinajstić information content (AvgIpc) is 2.88. The minimum absolute atomic E-state index is 0.0365. The molecule has 1 aromatic carbocycles. The molecule has 1 amide bonds. The number of nitrogens with zero attached hydrogens (tertiary/aromatic N) is 2. The van der Waals surface area contributed by atoms with Gasteiger partial charge in [0.25, 0.3) is 0 Å². The Balaban J connectivity index is 2.13. The Morgan fingerprint density at radius 2 is 1.70 bits per heavy atom. The van der Waals surface area contributed by atoms with Crippen molar-refractivity contribution in [3.63, 3.8) is 0 Å². The zero-order valence-electron chi connectivity index (χ0n) is 17.2. The van der Waals surface area contributed by atoms with Crippen molar-refractivity contribution < 1.29 is 9.59 Å². The Hall–Kier alpha value is -2.40. The summed E-state index contributed by atoms with van der Waals surface area (Å²) in [6.45, 7) is 10.4. The lowest BCUT2D eigenvalue weighted by atomic mass is 10.1. The van der Waals surface area contributed by atoms with Crippen LogP contribution in [0, 0.1) is 13.8 Å². The number of hydrogen-bond donors (Lipinski definition) is 1. The second-order valence-corrected chi connectivity index (χ2v) is 7.56. The number of benzene rings is 1. The van der Waals surface area contributed by atoms with E-state index in [1.807, 2.05) is 52.0 Å². The van der Waals surface area contributed by atoms with E-state index < -0.39 is 0 Å². The molecule has 146 valence electrons. The number of Topliss-reactive ketones (excluding diaryl/α,β-unsaturated/α-hetero) is 1. The van der Waals surface area contributed by atoms with Crippen molar-refractivity contribution in [2.45, 2.75) is 46.7 Å². The number of hydrogen-bond acceptors (Lipinski definition) is 3. The van der Waals surface area contributed by atoms with Gasteiger partial charge in [0.05, 0.1) is 19.1 Å². The van der Waals surface area contributed by atoms with Crippen LogP contribution in [0.3, 0.4) is 0 Å². The van der Waals surface area contributed by atoms with Gasteiger partial charge in [-0.15, -0.1) is 0 Å². The van der Waals surface area contributed by atoms with Crippen LogP contribution in [0.4, 0.5) is 0 Å². The molecule has 0 radical (unpaired) electrons. The fraction of sp³-hybridized carbons (Fsp3) is 0.455. The van der Waals surface area contributed by atoms with E-state index in [-0.39, 0.29) is 36.9 Å². The summed E-state index contributed by atoms with van der Waals surface area (Å²) in [5, 5.41) is 2.85. The van der Waals surface area contributed by atoms with E-state index in [9.17, 15) is 9.59 Å². The summed E-state index contributed by atoms with van der Waals surface area (Å²) in [7, 11) is 1.80. The molecule has 0 fully saturated rings. The summed E-state index contributed by atoms with van der Waals surface area (Å²) >= 11 is 0. The maximum absolute atomic E-state index is 12.8. The number of carbonyl (C=O) groups excluding carboxylic acids is 2. The SMILES string of the molecule is Cc1cc(C(=O)CN(C)CC(=O)NC(C)C)c(C)n1[C@H](C)c1ccccc1. The standard InChI is InChI=1S/C22H31N3O2/c1-15(2)23-22(27)14-24(6)13-21(26)20-12-16(3)25(18(20)5)17(4)19-10-8-7-9-11-19/h7-12,15,17H,13-14H2,1-6H3,(H,23,27)/t17-/m1/s1. The third-order valence-electron chi connectivity index (χ3n) is 4.73. The predicted molar refractivity (Wildman–Crippen MR) is 109 cm³/mol. The first-order valence-electron chi connectivity index (χ1n) is 9.45. The monoisotopic (exact) mass is 369 g/mol. The molecule has 1 heterocycles. The van der Waals surface area contributed by atoms with Crippen molar-refractivity contribution in [2.75, 3.05) is 20.1 Å². The van der Waals surface area contributed by atoms with Gasteiger partial charge in [-0.2, -0.15) is 0 Å². The maximum atomic E-state index is 12.8. The first-order valence-corrected chi connectivity index (χ1v) is 9.45. The second kappa shape index (κ2) is 9.00. The van der Waals surface area contributed by atoms with Crippen LogP contribution in [0.2, 0.25) is 0 Å². The van der Waals surface area contributed by atoms with E-state index in [2.05, 4.69) is 28.9 Å². The molecule has 0 saturated carbocycles. The van der Waals surface area contributed by atoms with Gasteiger partial charge < -0.3 is 9.88 Å². The number of aryl methyl sites for hydroxylation is 1. The summed E-state index contributed by atoms with van der Waals surface area (Å²) in [5.41, 5.74) is 3.97. The maximum Gasteiger partial charge on any atom is 0.234 e. The van der Waals surface area contributed by atoms with Gasteiger partial charge in [0.1, 0.15) is 0 Å². The molecule has 0 spiro atoms. The molecule has 5 nitrogen and oxygen atoms in total. The van der Waals surface area contributed by atoms with Crippen LogP contribution in [-0.2, 0) is 4.79 Å². The van der Waals surface area contributed by atoms with Crippen molar-refractivity contribution in [3.8, 4) is 0 Å². The molecule has 0 bridgehead atoms. The van der Waals surface area contributed by atoms with E-state index in [1.54, 1.807) is 11.9 Å². The Morgan fingerprint density at radius 1 is 1.07 bits per heavy atom. The topological polar surface area (TPSA) is 54.3 Å². The molecule has 1 atom stereocenters. The zero-order chi connectivity index (χ0) is 20.1. The van der Waals surface area contributed by atoms with Gasteiger partial charge in [-0.25, -0.2) is 0 Å². The third kappa shape index (κ3) is 5.30. The summed E-state index contributed by atoms with van der Waals surface area (Å²) in [4.78, 5) is 26.5. The summed E-state index contributed by atoms with van der Waals surface area (Å²) in [5.74, 6) is -0.0297. The smallest absolute Gasteiger partial charge is 0.234 e. The van der Waals surface area contributed by atoms with E-state index >= 15 is 0 Å². The molecule has 5 heteroatoms. The second-order valence-electron chi connectivity index (χ2n) is 7.56. The highest BCUT2D eigenvalue weighted by atomic mass is 16.2. The van der Waals surface area contributed by atoms with Gasteiger partial charge in [-0.1, -0.05) is 30.3 Å². The van der Waals surface area contributed by atoms with Crippen LogP contribution < -0.4 is 5.32 Å². The van der Waals surface area contributed by atoms with E-state index in [1.165, 1.54) is 5.56 Å². The van der Waals surface area contributed by atoms with Crippen LogP contribution in [0.1, 0.15) is 54.1 Å². The molecular weight excluding hydrogens is 338 g/mol. The van der Waals surface area contributed by atoms with Crippen LogP contribution in [0.25, 0.3) is 0 Å². The minimum Gasteiger partial charge on any atom is -0.353 e. The Morgan fingerprint density at radius 3 is 2.30 bits per heavy atom. The first kappa shape index (κ1) is 20.9. The number of nitrogens with one attached hydrogen (secondary N) is 1. The Labute approximate surface area is 162 Å². The van der Waals surface area contributed by atoms with Gasteiger partial charge in [0.15, 0.2) is 5.78 Å². The van der Waals surface area contributed by atoms with Crippen LogP contribution in [0.5, 0.6) is 0 Å². The lowest BCUT2D eigenvalue weighted by Crippen LogP contribution is -2.40. The number of likely N-dealkylation sites (N-methyl/N-ethyl adjacent to an activating group) is 1. The molecule has 0 unspecified atom stereocenters. The number of ketones is 1. The fourth-order valence-corrected chi connectivity index (χ4v) is 3.53. The minimum atomic E-state index is -0.0662. The van der Waals surface area contributed by atoms with Crippen LogP contribution >= 0.6 is 0 Å². The van der Waals surface area contributed by atoms with Gasteiger partial charge in [-0.05, 0) is 53.3 Å². The van der Waals surface area contributed by atoms with Gasteiger partial charge in [-0.3, -0.25) is 14.5 Å². The van der Waals surface area contributed by atoms with E-state index in [0.29, 0.717) is 0 Å². The van der Waals surface area contributed by atoms with Crippen LogP contribution in [0.15, 0.2) is 36.4 Å². The molecule has 27 heavy (non-hydrogen) atoms. The molecule has 1 aromatic heterocycles. The number of carbonyl (C=O) groups is 2. The first-order chi connectivity index (χ1) is 12.7. The summed E-state index contributed by atoms with van der Waals surface area (Å²) in [6, 6.07) is 12.5. The lowest BCUT2D eigenvalue weighted by molar-refractivity contribution is -0.122. The molecule has 0 aliphatic heterocycles. The van der Waals surface area contributed by atoms with Crippen LogP contribution in [-0.4, -0.2) is 47.3 Å². The molecule has 0 saturated heterocycles.